The van der Waals surface area contributed by atoms with E-state index < -0.39 is 24.4 Å². The number of aryl methyl sites for hydroxylation is 1. The second-order valence-corrected chi connectivity index (χ2v) is 8.92. The van der Waals surface area contributed by atoms with E-state index in [0.29, 0.717) is 11.1 Å². The number of aliphatic imine (C=N–C) groups is 1. The Morgan fingerprint density at radius 2 is 1.61 bits per heavy atom. The van der Waals surface area contributed by atoms with Gasteiger partial charge >= 0.3 is 6.18 Å². The van der Waals surface area contributed by atoms with Crippen molar-refractivity contribution in [1.29, 1.82) is 0 Å². The molecule has 0 aromatic heterocycles. The number of nitrogens with zero attached hydrogens (tertiary/aromatic N) is 1. The minimum atomic E-state index is -4.99. The van der Waals surface area contributed by atoms with Gasteiger partial charge in [0, 0.05) is 6.21 Å². The molecule has 5 rings (SSSR count). The number of hydrogen-bond donors (Lipinski definition) is 1. The SMILES string of the molecule is CCc1ccc2cc(OCC(O)(c3ccc4c(c3)C=NC4c3ccc(F)cc3)C(F)(F)F)ccc2c1. The van der Waals surface area contributed by atoms with Crippen molar-refractivity contribution >= 4 is 17.0 Å². The number of halogens is 4. The van der Waals surface area contributed by atoms with Crippen LogP contribution >= 0.6 is 0 Å². The summed E-state index contributed by atoms with van der Waals surface area (Å²) < 4.78 is 61.3. The minimum Gasteiger partial charge on any atom is -0.490 e. The Labute approximate surface area is 205 Å². The van der Waals surface area contributed by atoms with E-state index in [0.717, 1.165) is 28.3 Å². The van der Waals surface area contributed by atoms with Crippen molar-refractivity contribution in [2.45, 2.75) is 31.2 Å². The third kappa shape index (κ3) is 4.35. The van der Waals surface area contributed by atoms with Crippen molar-refractivity contribution in [1.82, 2.24) is 0 Å². The number of hydrogen-bond acceptors (Lipinski definition) is 3. The zero-order valence-corrected chi connectivity index (χ0v) is 19.4. The van der Waals surface area contributed by atoms with Crippen LogP contribution in [0.1, 0.15) is 40.8 Å². The lowest BCUT2D eigenvalue weighted by Gasteiger charge is -2.31. The largest absolute Gasteiger partial charge is 0.490 e. The lowest BCUT2D eigenvalue weighted by atomic mass is 9.89. The molecule has 36 heavy (non-hydrogen) atoms. The molecule has 1 heterocycles. The first-order chi connectivity index (χ1) is 17.2. The summed E-state index contributed by atoms with van der Waals surface area (Å²) in [4.78, 5) is 4.38. The van der Waals surface area contributed by atoms with Gasteiger partial charge in [-0.3, -0.25) is 4.99 Å². The Kier molecular flexibility index (Phi) is 6.04. The molecule has 0 saturated heterocycles. The van der Waals surface area contributed by atoms with Gasteiger partial charge in [0.15, 0.2) is 0 Å². The van der Waals surface area contributed by atoms with Crippen molar-refractivity contribution in [2.75, 3.05) is 6.61 Å². The number of aliphatic hydroxyl groups is 1. The molecular weight excluding hydrogens is 470 g/mol. The molecule has 7 heteroatoms. The molecule has 2 unspecified atom stereocenters. The molecule has 1 aliphatic rings. The molecule has 4 aromatic carbocycles. The van der Waals surface area contributed by atoms with E-state index >= 15 is 0 Å². The highest BCUT2D eigenvalue weighted by molar-refractivity contribution is 5.86. The fourth-order valence-electron chi connectivity index (χ4n) is 4.44. The highest BCUT2D eigenvalue weighted by atomic mass is 19.4. The first-order valence-electron chi connectivity index (χ1n) is 11.6. The van der Waals surface area contributed by atoms with E-state index in [-0.39, 0.29) is 17.1 Å². The molecule has 0 radical (unpaired) electrons. The molecule has 0 aliphatic carbocycles. The maximum absolute atomic E-state index is 14.2. The zero-order valence-electron chi connectivity index (χ0n) is 19.4. The fraction of sp³-hybridized carbons (Fsp3) is 0.207. The van der Waals surface area contributed by atoms with E-state index in [2.05, 4.69) is 4.99 Å². The van der Waals surface area contributed by atoms with Gasteiger partial charge < -0.3 is 9.84 Å². The number of alkyl halides is 3. The van der Waals surface area contributed by atoms with Gasteiger partial charge in [-0.2, -0.15) is 13.2 Å². The number of rotatable bonds is 6. The van der Waals surface area contributed by atoms with Gasteiger partial charge in [-0.25, -0.2) is 4.39 Å². The average molecular weight is 494 g/mol. The molecule has 0 amide bonds. The van der Waals surface area contributed by atoms with E-state index in [1.807, 2.05) is 25.1 Å². The number of ether oxygens (including phenoxy) is 1. The van der Waals surface area contributed by atoms with Crippen molar-refractivity contribution < 1.29 is 27.4 Å². The summed E-state index contributed by atoms with van der Waals surface area (Å²) in [6.07, 6.45) is -2.64. The third-order valence-corrected chi connectivity index (χ3v) is 6.61. The van der Waals surface area contributed by atoms with Crippen LogP contribution in [0.3, 0.4) is 0 Å². The molecule has 4 aromatic rings. The first kappa shape index (κ1) is 24.0. The van der Waals surface area contributed by atoms with E-state index in [1.54, 1.807) is 30.3 Å². The lowest BCUT2D eigenvalue weighted by Crippen LogP contribution is -2.47. The van der Waals surface area contributed by atoms with Crippen molar-refractivity contribution in [3.63, 3.8) is 0 Å². The second kappa shape index (κ2) is 9.06. The second-order valence-electron chi connectivity index (χ2n) is 8.92. The van der Waals surface area contributed by atoms with Gasteiger partial charge in [-0.15, -0.1) is 0 Å². The van der Waals surface area contributed by atoms with Crippen LogP contribution in [0.25, 0.3) is 10.8 Å². The van der Waals surface area contributed by atoms with Gasteiger partial charge in [0.1, 0.15) is 24.2 Å². The summed E-state index contributed by atoms with van der Waals surface area (Å²) in [5.74, 6) is -0.155. The van der Waals surface area contributed by atoms with Crippen LogP contribution in [0.5, 0.6) is 5.75 Å². The summed E-state index contributed by atoms with van der Waals surface area (Å²) in [5, 5.41) is 12.7. The van der Waals surface area contributed by atoms with E-state index in [9.17, 15) is 22.7 Å². The standard InChI is InChI=1S/C29H23F4NO2/c1-2-18-3-4-21-15-25(11-7-20(21)13-18)36-17-28(35,29(31,32)33)23-8-12-26-22(14-23)16-34-27(26)19-5-9-24(30)10-6-19/h3-16,27,35H,2,17H2,1H3. The molecule has 0 saturated carbocycles. The predicted octanol–water partition coefficient (Wildman–Crippen LogP) is 6.89. The van der Waals surface area contributed by atoms with Gasteiger partial charge in [-0.1, -0.05) is 55.5 Å². The van der Waals surface area contributed by atoms with Crippen LogP contribution < -0.4 is 4.74 Å². The fourth-order valence-corrected chi connectivity index (χ4v) is 4.44. The maximum atomic E-state index is 14.2. The maximum Gasteiger partial charge on any atom is 0.424 e. The molecule has 0 fully saturated rings. The normalized spacial score (nSPS) is 16.7. The van der Waals surface area contributed by atoms with Crippen molar-refractivity contribution in [2.24, 2.45) is 4.99 Å². The molecule has 1 aliphatic heterocycles. The van der Waals surface area contributed by atoms with Gasteiger partial charge in [-0.05, 0) is 75.3 Å². The molecule has 3 nitrogen and oxygen atoms in total. The quantitative estimate of drug-likeness (QED) is 0.297. The van der Waals surface area contributed by atoms with E-state index in [1.165, 1.54) is 36.5 Å². The van der Waals surface area contributed by atoms with Crippen LogP contribution in [0.4, 0.5) is 17.6 Å². The predicted molar refractivity (Wildman–Crippen MR) is 131 cm³/mol. The minimum absolute atomic E-state index is 0.230. The zero-order chi connectivity index (χ0) is 25.5. The molecule has 0 bridgehead atoms. The molecule has 0 spiro atoms. The summed E-state index contributed by atoms with van der Waals surface area (Å²) in [5.41, 5.74) is -0.558. The smallest absolute Gasteiger partial charge is 0.424 e. The Hall–Kier alpha value is -3.71. The summed E-state index contributed by atoms with van der Waals surface area (Å²) >= 11 is 0. The van der Waals surface area contributed by atoms with Crippen LogP contribution in [0.15, 0.2) is 83.9 Å². The number of benzene rings is 4. The third-order valence-electron chi connectivity index (χ3n) is 6.61. The Balaban J connectivity index is 1.42. The molecule has 1 N–H and O–H groups in total. The molecule has 184 valence electrons. The van der Waals surface area contributed by atoms with Gasteiger partial charge in [0.25, 0.3) is 0 Å². The Morgan fingerprint density at radius 1 is 0.889 bits per heavy atom. The highest BCUT2D eigenvalue weighted by Gasteiger charge is 2.56. The number of fused-ring (bicyclic) bond motifs is 2. The highest BCUT2D eigenvalue weighted by Crippen LogP contribution is 2.42. The van der Waals surface area contributed by atoms with Crippen LogP contribution in [-0.4, -0.2) is 24.1 Å². The van der Waals surface area contributed by atoms with Crippen LogP contribution in [0, 0.1) is 5.82 Å². The molecular formula is C29H23F4NO2. The Morgan fingerprint density at radius 3 is 2.33 bits per heavy atom. The van der Waals surface area contributed by atoms with Crippen LogP contribution in [-0.2, 0) is 12.0 Å². The van der Waals surface area contributed by atoms with Crippen molar-refractivity contribution in [3.8, 4) is 5.75 Å². The average Bonchev–Trinajstić information content (AvgIpc) is 3.30. The van der Waals surface area contributed by atoms with E-state index in [4.69, 9.17) is 4.74 Å². The topological polar surface area (TPSA) is 41.8 Å². The summed E-state index contributed by atoms with van der Waals surface area (Å²) in [7, 11) is 0. The van der Waals surface area contributed by atoms with Crippen LogP contribution in [0.2, 0.25) is 0 Å². The Bertz CT molecular complexity index is 1450. The lowest BCUT2D eigenvalue weighted by molar-refractivity contribution is -0.275. The van der Waals surface area contributed by atoms with Gasteiger partial charge in [0.2, 0.25) is 5.60 Å². The van der Waals surface area contributed by atoms with Gasteiger partial charge in [0.05, 0.1) is 0 Å². The molecule has 2 atom stereocenters. The summed E-state index contributed by atoms with van der Waals surface area (Å²) in [6.45, 7) is 1.04. The summed E-state index contributed by atoms with van der Waals surface area (Å²) in [6, 6.07) is 20.3. The van der Waals surface area contributed by atoms with Crippen molar-refractivity contribution in [3.05, 3.63) is 112 Å². The first-order valence-corrected chi connectivity index (χ1v) is 11.6. The monoisotopic (exact) mass is 493 g/mol.